The van der Waals surface area contributed by atoms with Crippen molar-refractivity contribution in [3.63, 3.8) is 0 Å². The van der Waals surface area contributed by atoms with Crippen LogP contribution in [0.3, 0.4) is 0 Å². The predicted molar refractivity (Wildman–Crippen MR) is 110 cm³/mol. The van der Waals surface area contributed by atoms with E-state index in [4.69, 9.17) is 16.3 Å². The minimum absolute atomic E-state index is 0.204. The first-order valence-corrected chi connectivity index (χ1v) is 10.5. The van der Waals surface area contributed by atoms with Gasteiger partial charge in [0, 0.05) is 37.1 Å². The Morgan fingerprint density at radius 1 is 1.42 bits per heavy atom. The molecular formula is C19H31N5OS. The van der Waals surface area contributed by atoms with Gasteiger partial charge in [0.1, 0.15) is 0 Å². The molecule has 2 heterocycles. The molecule has 0 spiro atoms. The molecule has 0 saturated carbocycles. The Hall–Kier alpha value is -1.41. The maximum absolute atomic E-state index is 6.31. The number of aryl methyl sites for hydroxylation is 1. The highest BCUT2D eigenvalue weighted by Crippen LogP contribution is 2.26. The van der Waals surface area contributed by atoms with Crippen LogP contribution in [0.5, 0.6) is 0 Å². The van der Waals surface area contributed by atoms with Crippen LogP contribution < -0.4 is 21.2 Å². The lowest BCUT2D eigenvalue weighted by Gasteiger charge is -2.41. The van der Waals surface area contributed by atoms with Gasteiger partial charge in [0.05, 0.1) is 24.4 Å². The van der Waals surface area contributed by atoms with Gasteiger partial charge < -0.3 is 20.4 Å². The Balaban J connectivity index is 1.59. The molecule has 3 rings (SSSR count). The Labute approximate surface area is 161 Å². The molecule has 6 nitrogen and oxygen atoms in total. The van der Waals surface area contributed by atoms with Crippen LogP contribution in [-0.2, 0) is 4.74 Å². The molecule has 0 aromatic heterocycles. The zero-order chi connectivity index (χ0) is 18.5. The average Bonchev–Trinajstić information content (AvgIpc) is 2.58. The summed E-state index contributed by atoms with van der Waals surface area (Å²) >= 11 is 1.68. The summed E-state index contributed by atoms with van der Waals surface area (Å²) in [5.41, 5.74) is 10.5. The van der Waals surface area contributed by atoms with Gasteiger partial charge in [0.2, 0.25) is 0 Å². The number of nitrogens with one attached hydrogen (secondary N) is 1. The van der Waals surface area contributed by atoms with Crippen molar-refractivity contribution in [1.29, 1.82) is 0 Å². The summed E-state index contributed by atoms with van der Waals surface area (Å²) in [5.74, 6) is 6.13. The van der Waals surface area contributed by atoms with Crippen molar-refractivity contribution in [2.24, 2.45) is 11.6 Å². The Bertz CT molecular complexity index is 626. The maximum atomic E-state index is 6.31. The standard InChI is InChI=1S/C19H31N5OS/c1-14-9-16(23-10-15(11-23)22-26-2)6-7-18(14)19(20)13-24(21)12-17-5-3-4-8-25-17/h6-7,9,13,15,17,22H,3-5,8,10-12,20-21H2,1-2H3/b19-13-. The molecular weight excluding hydrogens is 346 g/mol. The zero-order valence-electron chi connectivity index (χ0n) is 15.8. The smallest absolute Gasteiger partial charge is 0.0765 e. The van der Waals surface area contributed by atoms with E-state index in [2.05, 4.69) is 41.0 Å². The molecule has 26 heavy (non-hydrogen) atoms. The number of hydrogen-bond donors (Lipinski definition) is 3. The average molecular weight is 378 g/mol. The molecule has 144 valence electrons. The summed E-state index contributed by atoms with van der Waals surface area (Å²) in [6.45, 7) is 5.70. The fraction of sp³-hybridized carbons (Fsp3) is 0.579. The highest BCUT2D eigenvalue weighted by atomic mass is 32.2. The van der Waals surface area contributed by atoms with Crippen LogP contribution in [0.4, 0.5) is 5.69 Å². The van der Waals surface area contributed by atoms with Crippen molar-refractivity contribution in [2.75, 3.05) is 37.4 Å². The monoisotopic (exact) mass is 377 g/mol. The lowest BCUT2D eigenvalue weighted by molar-refractivity contribution is 0.00166. The molecule has 1 unspecified atom stereocenters. The van der Waals surface area contributed by atoms with Crippen LogP contribution in [0.25, 0.3) is 5.70 Å². The fourth-order valence-corrected chi connectivity index (χ4v) is 4.07. The van der Waals surface area contributed by atoms with Crippen molar-refractivity contribution in [1.82, 2.24) is 9.73 Å². The molecule has 1 atom stereocenters. The van der Waals surface area contributed by atoms with E-state index in [-0.39, 0.29) is 6.10 Å². The van der Waals surface area contributed by atoms with E-state index in [1.165, 1.54) is 17.7 Å². The number of hydrazine groups is 1. The first-order chi connectivity index (χ1) is 12.6. The van der Waals surface area contributed by atoms with E-state index in [9.17, 15) is 0 Å². The molecule has 2 aliphatic heterocycles. The second-order valence-electron chi connectivity index (χ2n) is 7.19. The number of nitrogens with two attached hydrogens (primary N) is 2. The molecule has 2 fully saturated rings. The van der Waals surface area contributed by atoms with Gasteiger partial charge in [0.25, 0.3) is 0 Å². The molecule has 0 bridgehead atoms. The SMILES string of the molecule is CSNC1CN(c2ccc(/C(N)=C/N(N)CC3CCCCO3)c(C)c2)C1. The van der Waals surface area contributed by atoms with E-state index >= 15 is 0 Å². The largest absolute Gasteiger partial charge is 0.397 e. The molecule has 1 aromatic carbocycles. The van der Waals surface area contributed by atoms with Gasteiger partial charge in [-0.3, -0.25) is 4.72 Å². The first kappa shape index (κ1) is 19.4. The van der Waals surface area contributed by atoms with Crippen molar-refractivity contribution < 1.29 is 4.74 Å². The Morgan fingerprint density at radius 3 is 2.88 bits per heavy atom. The van der Waals surface area contributed by atoms with Gasteiger partial charge in [-0.15, -0.1) is 0 Å². The summed E-state index contributed by atoms with van der Waals surface area (Å²) in [6, 6.07) is 7.01. The Kier molecular flexibility index (Phi) is 6.69. The molecule has 7 heteroatoms. The van der Waals surface area contributed by atoms with Gasteiger partial charge in [-0.25, -0.2) is 5.84 Å². The number of anilines is 1. The first-order valence-electron chi connectivity index (χ1n) is 9.31. The quantitative estimate of drug-likeness (QED) is 0.381. The third-order valence-electron chi connectivity index (χ3n) is 5.05. The van der Waals surface area contributed by atoms with Crippen molar-refractivity contribution in [3.8, 4) is 0 Å². The molecule has 0 radical (unpaired) electrons. The number of rotatable bonds is 7. The number of nitrogens with zero attached hydrogens (tertiary/aromatic N) is 2. The third kappa shape index (κ3) is 4.85. The minimum Gasteiger partial charge on any atom is -0.397 e. The summed E-state index contributed by atoms with van der Waals surface area (Å²) in [4.78, 5) is 2.38. The van der Waals surface area contributed by atoms with Crippen molar-refractivity contribution >= 4 is 23.3 Å². The molecule has 2 saturated heterocycles. The second-order valence-corrected chi connectivity index (χ2v) is 7.84. The summed E-state index contributed by atoms with van der Waals surface area (Å²) in [7, 11) is 0. The van der Waals surface area contributed by atoms with Crippen LogP contribution in [0, 0.1) is 6.92 Å². The maximum Gasteiger partial charge on any atom is 0.0765 e. The van der Waals surface area contributed by atoms with E-state index in [0.717, 1.165) is 38.1 Å². The topological polar surface area (TPSA) is 79.8 Å². The van der Waals surface area contributed by atoms with Crippen LogP contribution in [0.1, 0.15) is 30.4 Å². The molecule has 2 aliphatic rings. The molecule has 0 amide bonds. The fourth-order valence-electron chi connectivity index (χ4n) is 3.59. The molecule has 0 aliphatic carbocycles. The molecule has 1 aromatic rings. The van der Waals surface area contributed by atoms with Crippen LogP contribution in [0.2, 0.25) is 0 Å². The normalized spacial score (nSPS) is 21.6. The predicted octanol–water partition coefficient (Wildman–Crippen LogP) is 2.05. The van der Waals surface area contributed by atoms with E-state index in [1.54, 1.807) is 17.0 Å². The zero-order valence-corrected chi connectivity index (χ0v) is 16.6. The number of hydrogen-bond acceptors (Lipinski definition) is 7. The summed E-state index contributed by atoms with van der Waals surface area (Å²) in [6.07, 6.45) is 7.52. The van der Waals surface area contributed by atoms with Crippen molar-refractivity contribution in [3.05, 3.63) is 35.5 Å². The lowest BCUT2D eigenvalue weighted by atomic mass is 10.0. The van der Waals surface area contributed by atoms with E-state index < -0.39 is 0 Å². The van der Waals surface area contributed by atoms with Crippen molar-refractivity contribution in [2.45, 2.75) is 38.3 Å². The van der Waals surface area contributed by atoms with Crippen LogP contribution in [0.15, 0.2) is 24.4 Å². The number of ether oxygens (including phenoxy) is 1. The second kappa shape index (κ2) is 8.99. The summed E-state index contributed by atoms with van der Waals surface area (Å²) in [5, 5.41) is 1.66. The van der Waals surface area contributed by atoms with Crippen LogP contribution in [-0.4, -0.2) is 49.7 Å². The van der Waals surface area contributed by atoms with Gasteiger partial charge in [-0.1, -0.05) is 18.0 Å². The summed E-state index contributed by atoms with van der Waals surface area (Å²) < 4.78 is 9.14. The molecule has 5 N–H and O–H groups in total. The van der Waals surface area contributed by atoms with Crippen LogP contribution >= 0.6 is 11.9 Å². The van der Waals surface area contributed by atoms with Gasteiger partial charge >= 0.3 is 0 Å². The number of benzene rings is 1. The van der Waals surface area contributed by atoms with E-state index in [0.29, 0.717) is 18.3 Å². The Morgan fingerprint density at radius 2 is 2.23 bits per heavy atom. The third-order valence-corrected chi connectivity index (χ3v) is 5.61. The van der Waals surface area contributed by atoms with Gasteiger partial charge in [0.15, 0.2) is 0 Å². The highest BCUT2D eigenvalue weighted by Gasteiger charge is 2.26. The van der Waals surface area contributed by atoms with Gasteiger partial charge in [-0.2, -0.15) is 0 Å². The minimum atomic E-state index is 0.204. The lowest BCUT2D eigenvalue weighted by Crippen LogP contribution is -2.56. The van der Waals surface area contributed by atoms with Gasteiger partial charge in [-0.05, 0) is 50.1 Å². The highest BCUT2D eigenvalue weighted by molar-refractivity contribution is 7.96. The van der Waals surface area contributed by atoms with E-state index in [1.807, 2.05) is 6.20 Å².